The lowest BCUT2D eigenvalue weighted by Crippen LogP contribution is -1.90. The minimum Gasteiger partial charge on any atom is -0.389 e. The molecule has 132 valence electrons. The first-order valence-electron chi connectivity index (χ1n) is 8.56. The molecule has 0 aliphatic carbocycles. The van der Waals surface area contributed by atoms with E-state index in [4.69, 9.17) is 0 Å². The minimum atomic E-state index is -0.412. The molecule has 3 nitrogen and oxygen atoms in total. The molecule has 0 aliphatic rings. The predicted molar refractivity (Wildman–Crippen MR) is 111 cm³/mol. The number of rotatable bonds is 2. The fraction of sp³-hybridized carbons (Fsp3) is 0.182. The zero-order chi connectivity index (χ0) is 18.5. The van der Waals surface area contributed by atoms with Gasteiger partial charge in [-0.1, -0.05) is 40.2 Å². The van der Waals surface area contributed by atoms with Crippen molar-refractivity contribution in [1.82, 2.24) is 9.97 Å². The molecule has 0 radical (unpaired) electrons. The first-order chi connectivity index (χ1) is 12.5. The molecule has 1 N–H and O–H groups in total. The number of aliphatic hydroxyl groups excluding tert-OH is 1. The van der Waals surface area contributed by atoms with E-state index in [1.165, 1.54) is 10.9 Å². The van der Waals surface area contributed by atoms with Gasteiger partial charge in [-0.3, -0.25) is 9.97 Å². The Bertz CT molecular complexity index is 931. The maximum absolute atomic E-state index is 9.36. The van der Waals surface area contributed by atoms with Gasteiger partial charge < -0.3 is 5.11 Å². The van der Waals surface area contributed by atoms with Gasteiger partial charge in [0.1, 0.15) is 0 Å². The van der Waals surface area contributed by atoms with Crippen molar-refractivity contribution in [3.05, 3.63) is 84.2 Å². The van der Waals surface area contributed by atoms with E-state index in [2.05, 4.69) is 57.1 Å². The number of nitrogens with zero attached hydrogens (tertiary/aromatic N) is 2. The van der Waals surface area contributed by atoms with Crippen LogP contribution in [-0.2, 0) is 0 Å². The van der Waals surface area contributed by atoms with Crippen LogP contribution in [0.5, 0.6) is 0 Å². The highest BCUT2D eigenvalue weighted by Crippen LogP contribution is 2.24. The van der Waals surface area contributed by atoms with Crippen molar-refractivity contribution >= 4 is 37.7 Å². The van der Waals surface area contributed by atoms with E-state index in [0.717, 1.165) is 22.0 Å². The molecule has 2 aromatic heterocycles. The van der Waals surface area contributed by atoms with Crippen LogP contribution in [0.3, 0.4) is 0 Å². The SMILES string of the molecule is CC(Br)c1ccc2ncccc2c1.CC(O)c1ccc2ncccc2c1. The number of fused-ring (bicyclic) bond motifs is 2. The van der Waals surface area contributed by atoms with Gasteiger partial charge in [-0.15, -0.1) is 0 Å². The van der Waals surface area contributed by atoms with Gasteiger partial charge in [-0.25, -0.2) is 0 Å². The number of pyridine rings is 2. The maximum Gasteiger partial charge on any atom is 0.0762 e. The van der Waals surface area contributed by atoms with Gasteiger partial charge >= 0.3 is 0 Å². The van der Waals surface area contributed by atoms with Crippen molar-refractivity contribution in [1.29, 1.82) is 0 Å². The Labute approximate surface area is 161 Å². The van der Waals surface area contributed by atoms with Gasteiger partial charge in [0.2, 0.25) is 0 Å². The standard InChI is InChI=1S/C11H10BrN.C11H11NO/c1-8(12)9-4-5-11-10(7-9)3-2-6-13-11;1-8(13)9-4-5-11-10(7-9)3-2-6-12-11/h2-8H,1H3;2-8,13H,1H3. The van der Waals surface area contributed by atoms with Crippen LogP contribution < -0.4 is 0 Å². The van der Waals surface area contributed by atoms with Crippen molar-refractivity contribution in [2.24, 2.45) is 0 Å². The van der Waals surface area contributed by atoms with Gasteiger partial charge in [0.15, 0.2) is 0 Å². The zero-order valence-electron chi connectivity index (χ0n) is 14.8. The Morgan fingerprint density at radius 2 is 1.27 bits per heavy atom. The van der Waals surface area contributed by atoms with Gasteiger partial charge in [0.05, 0.1) is 17.1 Å². The van der Waals surface area contributed by atoms with Crippen LogP contribution >= 0.6 is 15.9 Å². The highest BCUT2D eigenvalue weighted by molar-refractivity contribution is 9.09. The summed E-state index contributed by atoms with van der Waals surface area (Å²) in [5.41, 5.74) is 4.24. The van der Waals surface area contributed by atoms with Crippen LogP contribution in [0, 0.1) is 0 Å². The monoisotopic (exact) mass is 408 g/mol. The third-order valence-electron chi connectivity index (χ3n) is 4.20. The van der Waals surface area contributed by atoms with Crippen LogP contribution in [0.15, 0.2) is 73.1 Å². The Morgan fingerprint density at radius 3 is 1.77 bits per heavy atom. The van der Waals surface area contributed by atoms with Gasteiger partial charge in [0, 0.05) is 28.0 Å². The highest BCUT2D eigenvalue weighted by atomic mass is 79.9. The fourth-order valence-electron chi connectivity index (χ4n) is 2.70. The summed E-state index contributed by atoms with van der Waals surface area (Å²) >= 11 is 3.55. The van der Waals surface area contributed by atoms with E-state index >= 15 is 0 Å². The quantitative estimate of drug-likeness (QED) is 0.415. The van der Waals surface area contributed by atoms with E-state index in [0.29, 0.717) is 4.83 Å². The summed E-state index contributed by atoms with van der Waals surface area (Å²) in [6.45, 7) is 3.88. The second-order valence-corrected chi connectivity index (χ2v) is 7.58. The van der Waals surface area contributed by atoms with Crippen LogP contribution in [0.1, 0.15) is 35.9 Å². The number of benzene rings is 2. The van der Waals surface area contributed by atoms with Crippen molar-refractivity contribution < 1.29 is 5.11 Å². The Kier molecular flexibility index (Phi) is 5.96. The lowest BCUT2D eigenvalue weighted by atomic mass is 10.1. The van der Waals surface area contributed by atoms with Crippen LogP contribution in [-0.4, -0.2) is 15.1 Å². The van der Waals surface area contributed by atoms with E-state index < -0.39 is 6.10 Å². The molecule has 2 heterocycles. The van der Waals surface area contributed by atoms with Crippen molar-refractivity contribution in [3.8, 4) is 0 Å². The molecule has 4 rings (SSSR count). The molecule has 4 aromatic rings. The molecular weight excluding hydrogens is 388 g/mol. The Balaban J connectivity index is 0.000000151. The fourth-order valence-corrected chi connectivity index (χ4v) is 2.98. The summed E-state index contributed by atoms with van der Waals surface area (Å²) in [6, 6.07) is 20.1. The Hall–Kier alpha value is -2.30. The number of halogens is 1. The normalized spacial score (nSPS) is 13.1. The molecular formula is C22H21BrN2O. The molecule has 0 spiro atoms. The average Bonchev–Trinajstić information content (AvgIpc) is 2.67. The van der Waals surface area contributed by atoms with Gasteiger partial charge in [-0.2, -0.15) is 0 Å². The number of hydrogen-bond donors (Lipinski definition) is 1. The first-order valence-corrected chi connectivity index (χ1v) is 9.47. The van der Waals surface area contributed by atoms with Crippen molar-refractivity contribution in [2.45, 2.75) is 24.8 Å². The van der Waals surface area contributed by atoms with Crippen molar-refractivity contribution in [2.75, 3.05) is 0 Å². The van der Waals surface area contributed by atoms with Crippen LogP contribution in [0.2, 0.25) is 0 Å². The summed E-state index contributed by atoms with van der Waals surface area (Å²) in [4.78, 5) is 8.87. The number of aromatic nitrogens is 2. The third kappa shape index (κ3) is 4.45. The largest absolute Gasteiger partial charge is 0.389 e. The summed E-state index contributed by atoms with van der Waals surface area (Å²) < 4.78 is 0. The van der Waals surface area contributed by atoms with E-state index in [-0.39, 0.29) is 0 Å². The summed E-state index contributed by atoms with van der Waals surface area (Å²) in [5, 5.41) is 11.6. The summed E-state index contributed by atoms with van der Waals surface area (Å²) in [7, 11) is 0. The molecule has 2 atom stereocenters. The third-order valence-corrected chi connectivity index (χ3v) is 4.72. The zero-order valence-corrected chi connectivity index (χ0v) is 16.4. The van der Waals surface area contributed by atoms with Crippen molar-refractivity contribution in [3.63, 3.8) is 0 Å². The van der Waals surface area contributed by atoms with Crippen LogP contribution in [0.4, 0.5) is 0 Å². The molecule has 2 unspecified atom stereocenters. The molecule has 4 heteroatoms. The average molecular weight is 409 g/mol. The molecule has 0 bridgehead atoms. The second-order valence-electron chi connectivity index (χ2n) is 6.20. The van der Waals surface area contributed by atoms with E-state index in [9.17, 15) is 5.11 Å². The lowest BCUT2D eigenvalue weighted by Gasteiger charge is -2.04. The lowest BCUT2D eigenvalue weighted by molar-refractivity contribution is 0.199. The minimum absolute atomic E-state index is 0.400. The number of hydrogen-bond acceptors (Lipinski definition) is 3. The first kappa shape index (κ1) is 18.5. The molecule has 0 aliphatic heterocycles. The predicted octanol–water partition coefficient (Wildman–Crippen LogP) is 5.98. The molecule has 2 aromatic carbocycles. The van der Waals surface area contributed by atoms with Gasteiger partial charge in [-0.05, 0) is 61.4 Å². The highest BCUT2D eigenvalue weighted by Gasteiger charge is 2.02. The maximum atomic E-state index is 9.36. The molecule has 26 heavy (non-hydrogen) atoms. The van der Waals surface area contributed by atoms with E-state index in [1.54, 1.807) is 13.1 Å². The molecule has 0 amide bonds. The van der Waals surface area contributed by atoms with Crippen LogP contribution in [0.25, 0.3) is 21.8 Å². The second kappa shape index (κ2) is 8.39. The van der Waals surface area contributed by atoms with Gasteiger partial charge in [0.25, 0.3) is 0 Å². The summed E-state index contributed by atoms with van der Waals surface area (Å²) in [6.07, 6.45) is 3.17. The molecule has 0 saturated heterocycles. The molecule has 0 fully saturated rings. The topological polar surface area (TPSA) is 46.0 Å². The number of aliphatic hydroxyl groups is 1. The summed E-state index contributed by atoms with van der Waals surface area (Å²) in [5.74, 6) is 0. The molecule has 0 saturated carbocycles. The number of alkyl halides is 1. The van der Waals surface area contributed by atoms with E-state index in [1.807, 2.05) is 42.6 Å². The Morgan fingerprint density at radius 1 is 0.769 bits per heavy atom. The smallest absolute Gasteiger partial charge is 0.0762 e.